The van der Waals surface area contributed by atoms with Crippen molar-refractivity contribution in [3.8, 4) is 0 Å². The molecule has 0 aliphatic rings. The molecule has 0 aromatic heterocycles. The Labute approximate surface area is 119 Å². The number of hydrogen-bond donors (Lipinski definition) is 1. The quantitative estimate of drug-likeness (QED) is 0.196. The Balaban J connectivity index is 2.76. The van der Waals surface area contributed by atoms with Crippen LogP contribution in [0.4, 0.5) is 10.1 Å². The van der Waals surface area contributed by atoms with E-state index in [1.54, 1.807) is 0 Å². The van der Waals surface area contributed by atoms with Gasteiger partial charge in [0, 0.05) is 30.1 Å². The Morgan fingerprint density at radius 2 is 2.14 bits per heavy atom. The van der Waals surface area contributed by atoms with Crippen LogP contribution in [-0.4, -0.2) is 26.4 Å². The molecule has 0 aliphatic carbocycles. The van der Waals surface area contributed by atoms with Gasteiger partial charge >= 0.3 is 0 Å². The van der Waals surface area contributed by atoms with Gasteiger partial charge in [-0.25, -0.2) is 17.5 Å². The highest BCUT2D eigenvalue weighted by atomic mass is 32.2. The van der Waals surface area contributed by atoms with E-state index in [2.05, 4.69) is 14.7 Å². The predicted molar refractivity (Wildman–Crippen MR) is 71.5 cm³/mol. The maximum Gasteiger partial charge on any atom is 0.270 e. The SMILES string of the molecule is [N-]=[N+]=NCCCCNS(=O)(=O)c1cc([N+](=O)[O-])ccc1F. The van der Waals surface area contributed by atoms with Gasteiger partial charge in [0.1, 0.15) is 10.7 Å². The number of non-ortho nitro benzene ring substituents is 1. The van der Waals surface area contributed by atoms with Crippen LogP contribution >= 0.6 is 0 Å². The number of nitro groups is 1. The van der Waals surface area contributed by atoms with E-state index in [1.165, 1.54) is 0 Å². The van der Waals surface area contributed by atoms with Crippen LogP contribution in [0.2, 0.25) is 0 Å². The summed E-state index contributed by atoms with van der Waals surface area (Å²) >= 11 is 0. The number of nitrogens with zero attached hydrogens (tertiary/aromatic N) is 4. The Kier molecular flexibility index (Phi) is 6.03. The molecule has 0 spiro atoms. The van der Waals surface area contributed by atoms with Crippen LogP contribution in [0.1, 0.15) is 12.8 Å². The monoisotopic (exact) mass is 317 g/mol. The zero-order valence-corrected chi connectivity index (χ0v) is 11.6. The fraction of sp³-hybridized carbons (Fsp3) is 0.400. The first kappa shape index (κ1) is 16.8. The van der Waals surface area contributed by atoms with Crippen molar-refractivity contribution in [3.05, 3.63) is 44.6 Å². The molecule has 0 aliphatic heterocycles. The van der Waals surface area contributed by atoms with E-state index >= 15 is 0 Å². The van der Waals surface area contributed by atoms with Crippen LogP contribution in [0.5, 0.6) is 0 Å². The van der Waals surface area contributed by atoms with Crippen molar-refractivity contribution in [3.63, 3.8) is 0 Å². The second kappa shape index (κ2) is 7.53. The lowest BCUT2D eigenvalue weighted by molar-refractivity contribution is -0.385. The lowest BCUT2D eigenvalue weighted by atomic mass is 10.3. The summed E-state index contributed by atoms with van der Waals surface area (Å²) in [6.45, 7) is 0.231. The molecule has 0 saturated carbocycles. The molecule has 1 aromatic rings. The van der Waals surface area contributed by atoms with E-state index in [0.717, 1.165) is 12.1 Å². The third kappa shape index (κ3) is 4.99. The molecule has 1 N–H and O–H groups in total. The third-order valence-electron chi connectivity index (χ3n) is 2.46. The molecule has 11 heteroatoms. The molecule has 0 radical (unpaired) electrons. The summed E-state index contributed by atoms with van der Waals surface area (Å²) in [4.78, 5) is 11.5. The van der Waals surface area contributed by atoms with Gasteiger partial charge < -0.3 is 0 Å². The molecule has 0 unspecified atom stereocenters. The second-order valence-electron chi connectivity index (χ2n) is 3.93. The van der Waals surface area contributed by atoms with Crippen LogP contribution in [0.25, 0.3) is 10.4 Å². The fourth-order valence-electron chi connectivity index (χ4n) is 1.45. The number of benzene rings is 1. The molecule has 0 amide bonds. The van der Waals surface area contributed by atoms with Crippen molar-refractivity contribution < 1.29 is 17.7 Å². The van der Waals surface area contributed by atoms with E-state index in [4.69, 9.17) is 5.53 Å². The fourth-order valence-corrected chi connectivity index (χ4v) is 2.62. The summed E-state index contributed by atoms with van der Waals surface area (Å²) in [5.74, 6) is -1.07. The standard InChI is InChI=1S/C10H12FN5O4S/c11-9-4-3-8(16(17)18)7-10(9)21(19,20)14-6-2-1-5-13-15-12/h3-4,7,14H,1-2,5-6H2. The normalized spacial score (nSPS) is 10.9. The Hall–Kier alpha value is -2.23. The van der Waals surface area contributed by atoms with Crippen LogP contribution in [0.3, 0.4) is 0 Å². The van der Waals surface area contributed by atoms with E-state index in [0.29, 0.717) is 18.9 Å². The molecule has 0 atom stereocenters. The largest absolute Gasteiger partial charge is 0.270 e. The van der Waals surface area contributed by atoms with Crippen molar-refractivity contribution in [1.29, 1.82) is 0 Å². The number of azide groups is 1. The minimum Gasteiger partial charge on any atom is -0.258 e. The molecule has 0 bridgehead atoms. The first-order valence-corrected chi connectivity index (χ1v) is 7.31. The Morgan fingerprint density at radius 3 is 2.76 bits per heavy atom. The van der Waals surface area contributed by atoms with E-state index in [9.17, 15) is 22.9 Å². The molecule has 1 rings (SSSR count). The van der Waals surface area contributed by atoms with Crippen molar-refractivity contribution in [2.75, 3.05) is 13.1 Å². The molecule has 21 heavy (non-hydrogen) atoms. The maximum atomic E-state index is 13.5. The summed E-state index contributed by atoms with van der Waals surface area (Å²) < 4.78 is 39.4. The third-order valence-corrected chi connectivity index (χ3v) is 3.93. The summed E-state index contributed by atoms with van der Waals surface area (Å²) in [5, 5.41) is 13.9. The molecule has 0 saturated heterocycles. The molecule has 114 valence electrons. The van der Waals surface area contributed by atoms with Crippen molar-refractivity contribution in [1.82, 2.24) is 4.72 Å². The van der Waals surface area contributed by atoms with Gasteiger partial charge in [-0.3, -0.25) is 10.1 Å². The van der Waals surface area contributed by atoms with Crippen LogP contribution < -0.4 is 4.72 Å². The van der Waals surface area contributed by atoms with Gasteiger partial charge in [0.2, 0.25) is 10.0 Å². The number of nitro benzene ring substituents is 1. The highest BCUT2D eigenvalue weighted by Gasteiger charge is 2.22. The zero-order chi connectivity index (χ0) is 15.9. The predicted octanol–water partition coefficient (Wildman–Crippen LogP) is 2.10. The number of rotatable bonds is 8. The number of hydrogen-bond acceptors (Lipinski definition) is 5. The topological polar surface area (TPSA) is 138 Å². The minimum absolute atomic E-state index is 0.00537. The molecular weight excluding hydrogens is 305 g/mol. The lowest BCUT2D eigenvalue weighted by Gasteiger charge is -2.07. The second-order valence-corrected chi connectivity index (χ2v) is 5.67. The smallest absolute Gasteiger partial charge is 0.258 e. The van der Waals surface area contributed by atoms with E-state index < -0.39 is 31.3 Å². The zero-order valence-electron chi connectivity index (χ0n) is 10.8. The molecule has 9 nitrogen and oxygen atoms in total. The Bertz CT molecular complexity index is 672. The molecule has 1 aromatic carbocycles. The van der Waals surface area contributed by atoms with Gasteiger partial charge in [0.15, 0.2) is 0 Å². The van der Waals surface area contributed by atoms with Gasteiger partial charge in [0.05, 0.1) is 4.92 Å². The first-order valence-electron chi connectivity index (χ1n) is 5.83. The number of halogens is 1. The van der Waals surface area contributed by atoms with Crippen molar-refractivity contribution >= 4 is 15.7 Å². The first-order chi connectivity index (χ1) is 9.88. The highest BCUT2D eigenvalue weighted by molar-refractivity contribution is 7.89. The van der Waals surface area contributed by atoms with Gasteiger partial charge in [-0.2, -0.15) is 0 Å². The summed E-state index contributed by atoms with van der Waals surface area (Å²) in [6, 6.07) is 2.28. The lowest BCUT2D eigenvalue weighted by Crippen LogP contribution is -2.25. The average Bonchev–Trinajstić information content (AvgIpc) is 2.42. The molecule has 0 fully saturated rings. The number of sulfonamides is 1. The van der Waals surface area contributed by atoms with E-state index in [1.807, 2.05) is 0 Å². The molecule has 0 heterocycles. The van der Waals surface area contributed by atoms with Crippen molar-refractivity contribution in [2.45, 2.75) is 17.7 Å². The summed E-state index contributed by atoms with van der Waals surface area (Å²) in [6.07, 6.45) is 0.846. The van der Waals surface area contributed by atoms with Crippen LogP contribution in [-0.2, 0) is 10.0 Å². The Morgan fingerprint density at radius 1 is 1.43 bits per heavy atom. The van der Waals surface area contributed by atoms with Gasteiger partial charge in [-0.1, -0.05) is 5.11 Å². The number of unbranched alkanes of at least 4 members (excludes halogenated alkanes) is 1. The average molecular weight is 317 g/mol. The molecular formula is C10H12FN5O4S. The highest BCUT2D eigenvalue weighted by Crippen LogP contribution is 2.20. The summed E-state index contributed by atoms with van der Waals surface area (Å²) in [7, 11) is -4.17. The van der Waals surface area contributed by atoms with Gasteiger partial charge in [-0.15, -0.1) is 0 Å². The van der Waals surface area contributed by atoms with Gasteiger partial charge in [0.25, 0.3) is 5.69 Å². The number of nitrogens with one attached hydrogen (secondary N) is 1. The van der Waals surface area contributed by atoms with Gasteiger partial charge in [-0.05, 0) is 24.4 Å². The minimum atomic E-state index is -4.17. The van der Waals surface area contributed by atoms with Crippen molar-refractivity contribution in [2.24, 2.45) is 5.11 Å². The summed E-state index contributed by atoms with van der Waals surface area (Å²) in [5.41, 5.74) is 7.54. The van der Waals surface area contributed by atoms with Crippen LogP contribution in [0, 0.1) is 15.9 Å². The maximum absolute atomic E-state index is 13.5. The van der Waals surface area contributed by atoms with E-state index in [-0.39, 0.29) is 13.1 Å². The van der Waals surface area contributed by atoms with Crippen LogP contribution in [0.15, 0.2) is 28.2 Å².